The monoisotopic (exact) mass is 467 g/mol. The van der Waals surface area contributed by atoms with Crippen LogP contribution >= 0.6 is 0 Å². The summed E-state index contributed by atoms with van der Waals surface area (Å²) in [5.41, 5.74) is 2.54. The van der Waals surface area contributed by atoms with Crippen molar-refractivity contribution in [3.8, 4) is 0 Å². The van der Waals surface area contributed by atoms with E-state index in [2.05, 4.69) is 31.1 Å². The molecule has 2 aromatic carbocycles. The second-order valence-corrected chi connectivity index (χ2v) is 10.7. The fourth-order valence-corrected chi connectivity index (χ4v) is 4.71. The Kier molecular flexibility index (Phi) is 7.50. The first-order valence-electron chi connectivity index (χ1n) is 10.6. The zero-order chi connectivity index (χ0) is 24.1. The van der Waals surface area contributed by atoms with E-state index in [0.29, 0.717) is 11.5 Å². The number of nitrogens with one attached hydrogen (secondary N) is 1. The van der Waals surface area contributed by atoms with E-state index in [1.165, 1.54) is 9.87 Å². The number of nitrogens with zero attached hydrogens (tertiary/aromatic N) is 2. The van der Waals surface area contributed by atoms with Crippen molar-refractivity contribution < 1.29 is 18.3 Å². The van der Waals surface area contributed by atoms with E-state index in [0.717, 1.165) is 5.56 Å². The van der Waals surface area contributed by atoms with Gasteiger partial charge >= 0.3 is 5.97 Å². The Morgan fingerprint density at radius 1 is 0.939 bits per heavy atom. The van der Waals surface area contributed by atoms with Gasteiger partial charge in [0.1, 0.15) is 12.4 Å². The van der Waals surface area contributed by atoms with Crippen molar-refractivity contribution in [1.29, 1.82) is 0 Å². The highest BCUT2D eigenvalue weighted by Gasteiger charge is 2.25. The number of hydrogen-bond acceptors (Lipinski definition) is 5. The number of carboxylic acid groups (broad SMARTS) is 1. The Balaban J connectivity index is 1.91. The SMILES string of the molecule is CC(C)(C)c1ccc(CN(Cc2cccc(NCC(=O)O)n2)S(=O)(=O)c2ccccc2)cc1. The van der Waals surface area contributed by atoms with E-state index in [4.69, 9.17) is 5.11 Å². The molecule has 1 aromatic heterocycles. The molecule has 3 rings (SSSR count). The second kappa shape index (κ2) is 10.1. The number of pyridine rings is 1. The molecule has 0 saturated heterocycles. The molecule has 33 heavy (non-hydrogen) atoms. The van der Waals surface area contributed by atoms with Gasteiger partial charge in [-0.15, -0.1) is 0 Å². The summed E-state index contributed by atoms with van der Waals surface area (Å²) in [6.07, 6.45) is 0. The standard InChI is InChI=1S/C25H29N3O4S/c1-25(2,3)20-14-12-19(13-15-20)17-28(33(31,32)22-9-5-4-6-10-22)18-21-8-7-11-23(27-21)26-16-24(29)30/h4-15H,16-18H2,1-3H3,(H,26,27)(H,29,30). The summed E-state index contributed by atoms with van der Waals surface area (Å²) < 4.78 is 28.3. The smallest absolute Gasteiger partial charge is 0.322 e. The first kappa shape index (κ1) is 24.4. The minimum absolute atomic E-state index is 0.00163. The van der Waals surface area contributed by atoms with Gasteiger partial charge in [0, 0.05) is 6.54 Å². The van der Waals surface area contributed by atoms with Gasteiger partial charge in [0.2, 0.25) is 10.0 Å². The van der Waals surface area contributed by atoms with E-state index in [-0.39, 0.29) is 29.9 Å². The number of benzene rings is 2. The molecule has 0 aliphatic heterocycles. The third-order valence-electron chi connectivity index (χ3n) is 5.13. The van der Waals surface area contributed by atoms with Crippen LogP contribution in [0.15, 0.2) is 77.7 Å². The van der Waals surface area contributed by atoms with Crippen LogP contribution in [0.3, 0.4) is 0 Å². The molecule has 7 nitrogen and oxygen atoms in total. The van der Waals surface area contributed by atoms with E-state index < -0.39 is 16.0 Å². The number of aromatic nitrogens is 1. The molecule has 0 amide bonds. The lowest BCUT2D eigenvalue weighted by atomic mass is 9.87. The van der Waals surface area contributed by atoms with Gasteiger partial charge in [-0.05, 0) is 40.8 Å². The maximum Gasteiger partial charge on any atom is 0.322 e. The molecule has 0 radical (unpaired) electrons. The van der Waals surface area contributed by atoms with Crippen LogP contribution in [0, 0.1) is 0 Å². The van der Waals surface area contributed by atoms with Crippen molar-refractivity contribution in [2.45, 2.75) is 44.2 Å². The largest absolute Gasteiger partial charge is 0.480 e. The minimum atomic E-state index is -3.80. The van der Waals surface area contributed by atoms with E-state index >= 15 is 0 Å². The minimum Gasteiger partial charge on any atom is -0.480 e. The van der Waals surface area contributed by atoms with Crippen LogP contribution < -0.4 is 5.32 Å². The fourth-order valence-electron chi connectivity index (χ4n) is 3.29. The number of aliphatic carboxylic acids is 1. The summed E-state index contributed by atoms with van der Waals surface area (Å²) in [6, 6.07) is 21.3. The van der Waals surface area contributed by atoms with Gasteiger partial charge in [0.25, 0.3) is 0 Å². The highest BCUT2D eigenvalue weighted by molar-refractivity contribution is 7.89. The molecular formula is C25H29N3O4S. The Morgan fingerprint density at radius 2 is 1.61 bits per heavy atom. The van der Waals surface area contributed by atoms with Crippen LogP contribution in [-0.2, 0) is 33.3 Å². The molecule has 0 bridgehead atoms. The van der Waals surface area contributed by atoms with E-state index in [1.807, 2.05) is 24.3 Å². The fraction of sp³-hybridized carbons (Fsp3) is 0.280. The van der Waals surface area contributed by atoms with Crippen LogP contribution in [-0.4, -0.2) is 35.3 Å². The highest BCUT2D eigenvalue weighted by Crippen LogP contribution is 2.25. The third-order valence-corrected chi connectivity index (χ3v) is 6.93. The maximum atomic E-state index is 13.5. The summed E-state index contributed by atoms with van der Waals surface area (Å²) in [6.45, 7) is 6.33. The summed E-state index contributed by atoms with van der Waals surface area (Å²) in [7, 11) is -3.80. The van der Waals surface area contributed by atoms with Crippen molar-refractivity contribution in [3.05, 3.63) is 89.6 Å². The molecule has 0 atom stereocenters. The zero-order valence-electron chi connectivity index (χ0n) is 19.0. The number of carbonyl (C=O) groups is 1. The molecule has 0 spiro atoms. The summed E-state index contributed by atoms with van der Waals surface area (Å²) in [5.74, 6) is -0.629. The summed E-state index contributed by atoms with van der Waals surface area (Å²) >= 11 is 0. The third kappa shape index (κ3) is 6.63. The Labute approximate surface area is 195 Å². The van der Waals surface area contributed by atoms with Gasteiger partial charge in [-0.2, -0.15) is 4.31 Å². The highest BCUT2D eigenvalue weighted by atomic mass is 32.2. The molecule has 0 aliphatic rings. The average Bonchev–Trinajstić information content (AvgIpc) is 2.78. The van der Waals surface area contributed by atoms with Crippen molar-refractivity contribution in [2.24, 2.45) is 0 Å². The molecule has 0 saturated carbocycles. The van der Waals surface area contributed by atoms with Gasteiger partial charge < -0.3 is 10.4 Å². The molecule has 0 aliphatic carbocycles. The molecule has 2 N–H and O–H groups in total. The van der Waals surface area contributed by atoms with Gasteiger partial charge in [0.15, 0.2) is 0 Å². The molecule has 8 heteroatoms. The van der Waals surface area contributed by atoms with Crippen LogP contribution in [0.4, 0.5) is 5.82 Å². The van der Waals surface area contributed by atoms with Gasteiger partial charge in [-0.3, -0.25) is 4.79 Å². The number of anilines is 1. The topological polar surface area (TPSA) is 99.6 Å². The van der Waals surface area contributed by atoms with E-state index in [1.54, 1.807) is 48.5 Å². The lowest BCUT2D eigenvalue weighted by Gasteiger charge is -2.23. The first-order valence-corrected chi connectivity index (χ1v) is 12.1. The summed E-state index contributed by atoms with van der Waals surface area (Å²) in [4.78, 5) is 15.4. The number of carboxylic acids is 1. The first-order chi connectivity index (χ1) is 15.6. The Hall–Kier alpha value is -3.23. The number of hydrogen-bond donors (Lipinski definition) is 2. The second-order valence-electron chi connectivity index (χ2n) is 8.79. The van der Waals surface area contributed by atoms with E-state index in [9.17, 15) is 13.2 Å². The number of rotatable bonds is 9. The molecule has 1 heterocycles. The maximum absolute atomic E-state index is 13.5. The Morgan fingerprint density at radius 3 is 2.21 bits per heavy atom. The molecule has 0 unspecified atom stereocenters. The van der Waals surface area contributed by atoms with Gasteiger partial charge in [-0.1, -0.05) is 69.3 Å². The van der Waals surface area contributed by atoms with Gasteiger partial charge in [0.05, 0.1) is 17.1 Å². The normalized spacial score (nSPS) is 12.0. The zero-order valence-corrected chi connectivity index (χ0v) is 19.8. The van der Waals surface area contributed by atoms with Crippen molar-refractivity contribution in [2.75, 3.05) is 11.9 Å². The van der Waals surface area contributed by atoms with Gasteiger partial charge in [-0.25, -0.2) is 13.4 Å². The van der Waals surface area contributed by atoms with Crippen LogP contribution in [0.5, 0.6) is 0 Å². The lowest BCUT2D eigenvalue weighted by Crippen LogP contribution is -2.30. The summed E-state index contributed by atoms with van der Waals surface area (Å²) in [5, 5.41) is 11.6. The van der Waals surface area contributed by atoms with Crippen molar-refractivity contribution >= 4 is 21.8 Å². The van der Waals surface area contributed by atoms with Crippen LogP contribution in [0.2, 0.25) is 0 Å². The Bertz CT molecular complexity index is 1190. The van der Waals surface area contributed by atoms with Crippen LogP contribution in [0.1, 0.15) is 37.6 Å². The predicted molar refractivity (Wildman–Crippen MR) is 128 cm³/mol. The predicted octanol–water partition coefficient (Wildman–Crippen LogP) is 4.27. The molecular weight excluding hydrogens is 438 g/mol. The molecule has 3 aromatic rings. The number of sulfonamides is 1. The molecule has 0 fully saturated rings. The lowest BCUT2D eigenvalue weighted by molar-refractivity contribution is -0.134. The van der Waals surface area contributed by atoms with Crippen LogP contribution in [0.25, 0.3) is 0 Å². The quantitative estimate of drug-likeness (QED) is 0.488. The molecule has 174 valence electrons. The van der Waals surface area contributed by atoms with Crippen molar-refractivity contribution in [1.82, 2.24) is 9.29 Å². The average molecular weight is 468 g/mol. The van der Waals surface area contributed by atoms with Crippen molar-refractivity contribution in [3.63, 3.8) is 0 Å².